The van der Waals surface area contributed by atoms with Crippen LogP contribution in [-0.4, -0.2) is 76.8 Å². The Kier molecular flexibility index (Phi) is 9.83. The number of sulfonamides is 1. The van der Waals surface area contributed by atoms with Gasteiger partial charge in [0.25, 0.3) is 10.0 Å². The maximum atomic E-state index is 13.0. The van der Waals surface area contributed by atoms with E-state index in [2.05, 4.69) is 9.88 Å². The maximum Gasteiger partial charge on any atom is 0.273 e. The standard InChI is InChI=1S/C22H28N4O4S4.ClH/c1-25(10-5-13-33(27)28)11-9-17-15-23-22(32-17)18-14-16-6-3-7-19(21(16)24-18)26(2)34(29,30)20-8-4-12-31-20;/h3-4,6-8,12,14,17,24H,5,9-11,13,15H2,1-2H3,(H,27,28);1H/p-1. The van der Waals surface area contributed by atoms with Crippen LogP contribution in [0, 0.1) is 0 Å². The van der Waals surface area contributed by atoms with Gasteiger partial charge in [0.15, 0.2) is 0 Å². The van der Waals surface area contributed by atoms with E-state index in [1.54, 1.807) is 42.4 Å². The fraction of sp³-hybridized carbons (Fsp3) is 0.409. The van der Waals surface area contributed by atoms with E-state index in [0.29, 0.717) is 21.6 Å². The van der Waals surface area contributed by atoms with E-state index < -0.39 is 21.1 Å². The number of thiophene rings is 1. The Morgan fingerprint density at radius 1 is 1.23 bits per heavy atom. The molecule has 2 aromatic heterocycles. The van der Waals surface area contributed by atoms with Gasteiger partial charge < -0.3 is 14.4 Å². The summed E-state index contributed by atoms with van der Waals surface area (Å²) in [4.78, 5) is 10.3. The van der Waals surface area contributed by atoms with Gasteiger partial charge in [-0.2, -0.15) is 0 Å². The molecule has 3 aromatic rings. The lowest BCUT2D eigenvalue weighted by atomic mass is 10.2. The fourth-order valence-electron chi connectivity index (χ4n) is 3.84. The van der Waals surface area contributed by atoms with Crippen molar-refractivity contribution in [2.45, 2.75) is 22.3 Å². The first-order chi connectivity index (χ1) is 16.3. The van der Waals surface area contributed by atoms with Crippen LogP contribution < -0.4 is 4.31 Å². The number of hydrogen-bond donors (Lipinski definition) is 1. The van der Waals surface area contributed by atoms with Crippen LogP contribution in [-0.2, 0) is 21.1 Å². The number of benzene rings is 1. The highest BCUT2D eigenvalue weighted by Gasteiger charge is 2.26. The third-order valence-corrected chi connectivity index (χ3v) is 10.8. The van der Waals surface area contributed by atoms with Crippen LogP contribution in [0.1, 0.15) is 18.5 Å². The molecule has 0 saturated heterocycles. The largest absolute Gasteiger partial charge is 0.772 e. The zero-order valence-electron chi connectivity index (χ0n) is 19.4. The normalized spacial score (nSPS) is 16.9. The highest BCUT2D eigenvalue weighted by atomic mass is 35.5. The summed E-state index contributed by atoms with van der Waals surface area (Å²) in [5.74, 6) is 0.196. The third kappa shape index (κ3) is 6.68. The van der Waals surface area contributed by atoms with Crippen LogP contribution in [0.15, 0.2) is 51.0 Å². The van der Waals surface area contributed by atoms with Gasteiger partial charge in [0, 0.05) is 23.4 Å². The van der Waals surface area contributed by atoms with Gasteiger partial charge in [-0.3, -0.25) is 13.5 Å². The average Bonchev–Trinajstić information content (AvgIpc) is 3.56. The van der Waals surface area contributed by atoms with Crippen molar-refractivity contribution in [1.29, 1.82) is 0 Å². The number of thioether (sulfide) groups is 1. The molecule has 8 nitrogen and oxygen atoms in total. The number of nitrogens with zero attached hydrogens (tertiary/aromatic N) is 3. The van der Waals surface area contributed by atoms with Crippen molar-refractivity contribution in [2.75, 3.05) is 43.8 Å². The Balaban J connectivity index is 0.00000342. The molecule has 192 valence electrons. The van der Waals surface area contributed by atoms with E-state index >= 15 is 0 Å². The summed E-state index contributed by atoms with van der Waals surface area (Å²) in [6.07, 6.45) is 1.60. The summed E-state index contributed by atoms with van der Waals surface area (Å²) in [7, 11) is -0.0426. The van der Waals surface area contributed by atoms with Crippen LogP contribution in [0.3, 0.4) is 0 Å². The van der Waals surface area contributed by atoms with Crippen LogP contribution in [0.4, 0.5) is 5.69 Å². The van der Waals surface area contributed by atoms with Gasteiger partial charge in [0.1, 0.15) is 9.25 Å². The first-order valence-corrected chi connectivity index (χ1v) is 15.3. The first kappa shape index (κ1) is 28.2. The van der Waals surface area contributed by atoms with Gasteiger partial charge in [-0.25, -0.2) is 8.42 Å². The number of H-pyrrole nitrogens is 1. The van der Waals surface area contributed by atoms with Crippen molar-refractivity contribution >= 4 is 78.2 Å². The lowest BCUT2D eigenvalue weighted by molar-refractivity contribution is 0.329. The van der Waals surface area contributed by atoms with Crippen molar-refractivity contribution in [1.82, 2.24) is 9.88 Å². The highest BCUT2D eigenvalue weighted by Crippen LogP contribution is 2.34. The molecule has 2 atom stereocenters. The number of halogens is 1. The molecule has 13 heteroatoms. The van der Waals surface area contributed by atoms with E-state index in [1.165, 1.54) is 15.6 Å². The van der Waals surface area contributed by atoms with Gasteiger partial charge in [0.2, 0.25) is 0 Å². The van der Waals surface area contributed by atoms with Crippen molar-refractivity contribution in [2.24, 2.45) is 4.99 Å². The van der Waals surface area contributed by atoms with Crippen LogP contribution in [0.25, 0.3) is 10.9 Å². The van der Waals surface area contributed by atoms with E-state index in [0.717, 1.165) is 47.7 Å². The zero-order valence-corrected chi connectivity index (χ0v) is 23.5. The second-order valence-electron chi connectivity index (χ2n) is 8.17. The number of anilines is 1. The molecule has 0 spiro atoms. The smallest absolute Gasteiger partial charge is 0.273 e. The monoisotopic (exact) mass is 575 g/mol. The minimum atomic E-state index is -3.63. The first-order valence-electron chi connectivity index (χ1n) is 10.9. The predicted molar refractivity (Wildman–Crippen MR) is 149 cm³/mol. The number of hydrogen-bond acceptors (Lipinski definition) is 8. The van der Waals surface area contributed by atoms with Gasteiger partial charge >= 0.3 is 0 Å². The molecule has 0 amide bonds. The minimum Gasteiger partial charge on any atom is -0.772 e. The van der Waals surface area contributed by atoms with Gasteiger partial charge in [-0.1, -0.05) is 41.0 Å². The third-order valence-electron chi connectivity index (χ3n) is 5.71. The summed E-state index contributed by atoms with van der Waals surface area (Å²) in [6.45, 7) is 2.37. The highest BCUT2D eigenvalue weighted by molar-refractivity contribution is 8.15. The van der Waals surface area contributed by atoms with Crippen molar-refractivity contribution in [3.8, 4) is 0 Å². The van der Waals surface area contributed by atoms with Gasteiger partial charge in [0.05, 0.1) is 23.4 Å². The number of rotatable bonds is 11. The van der Waals surface area contributed by atoms with Crippen LogP contribution in [0.2, 0.25) is 0 Å². The number of aliphatic imine (C=N–C) groups is 1. The SMILES string of the molecule is CN(CCCS(=O)[O-])CCC1CN=C(c2cc3cccc(N(C)S(=O)(=O)c4cccs4)c3[nH]2)S1.Cl. The topological polar surface area (TPSA) is 109 Å². The lowest BCUT2D eigenvalue weighted by Crippen LogP contribution is -2.26. The summed E-state index contributed by atoms with van der Waals surface area (Å²) in [6, 6.07) is 11.0. The molecule has 0 radical (unpaired) electrons. The molecule has 35 heavy (non-hydrogen) atoms. The molecule has 0 saturated carbocycles. The molecule has 1 aliphatic heterocycles. The van der Waals surface area contributed by atoms with Gasteiger partial charge in [-0.15, -0.1) is 23.7 Å². The van der Waals surface area contributed by atoms with E-state index in [1.807, 2.05) is 25.2 Å². The quantitative estimate of drug-likeness (QED) is 0.347. The Hall–Kier alpha value is -1.41. The summed E-state index contributed by atoms with van der Waals surface area (Å²) in [5, 5.41) is 3.98. The molecular weight excluding hydrogens is 548 g/mol. The molecule has 0 aliphatic carbocycles. The zero-order chi connectivity index (χ0) is 24.3. The molecule has 1 N–H and O–H groups in total. The van der Waals surface area contributed by atoms with Crippen molar-refractivity contribution in [3.63, 3.8) is 0 Å². The molecule has 1 aromatic carbocycles. The Labute approximate surface area is 222 Å². The lowest BCUT2D eigenvalue weighted by Gasteiger charge is -2.19. The Bertz CT molecular complexity index is 1290. The molecule has 4 rings (SSSR count). The summed E-state index contributed by atoms with van der Waals surface area (Å²) in [5.41, 5.74) is 2.25. The molecule has 0 fully saturated rings. The summed E-state index contributed by atoms with van der Waals surface area (Å²) < 4.78 is 49.0. The molecule has 1 aliphatic rings. The second-order valence-corrected chi connectivity index (χ2v) is 13.6. The molecule has 2 unspecified atom stereocenters. The Morgan fingerprint density at radius 3 is 2.74 bits per heavy atom. The van der Waals surface area contributed by atoms with Crippen molar-refractivity contribution in [3.05, 3.63) is 47.5 Å². The number of fused-ring (bicyclic) bond motifs is 1. The predicted octanol–water partition coefficient (Wildman–Crippen LogP) is 3.93. The minimum absolute atomic E-state index is 0. The molecule has 3 heterocycles. The van der Waals surface area contributed by atoms with E-state index in [9.17, 15) is 17.2 Å². The van der Waals surface area contributed by atoms with Gasteiger partial charge in [-0.05, 0) is 56.6 Å². The van der Waals surface area contributed by atoms with Crippen LogP contribution >= 0.6 is 35.5 Å². The molecule has 0 bridgehead atoms. The van der Waals surface area contributed by atoms with E-state index in [-0.39, 0.29) is 18.2 Å². The number of nitrogens with one attached hydrogen (secondary N) is 1. The van der Waals surface area contributed by atoms with Crippen molar-refractivity contribution < 1.29 is 17.2 Å². The fourth-order valence-corrected chi connectivity index (χ4v) is 7.64. The Morgan fingerprint density at radius 2 is 2.03 bits per heavy atom. The second kappa shape index (κ2) is 12.2. The number of aromatic amines is 1. The van der Waals surface area contributed by atoms with E-state index in [4.69, 9.17) is 4.99 Å². The molecular formula is C22H28ClN4O4S4-. The maximum absolute atomic E-state index is 13.0. The number of aromatic nitrogens is 1. The number of para-hydroxylation sites is 1. The summed E-state index contributed by atoms with van der Waals surface area (Å²) >= 11 is 0.957. The van der Waals surface area contributed by atoms with Crippen LogP contribution in [0.5, 0.6) is 0 Å². The average molecular weight is 576 g/mol.